The van der Waals surface area contributed by atoms with Crippen molar-refractivity contribution in [3.8, 4) is 5.75 Å². The first-order chi connectivity index (χ1) is 13.7. The fourth-order valence-corrected chi connectivity index (χ4v) is 4.67. The molecule has 0 aliphatic carbocycles. The van der Waals surface area contributed by atoms with Gasteiger partial charge in [0, 0.05) is 24.6 Å². The minimum Gasteiger partial charge on any atom is -0.495 e. The topological polar surface area (TPSA) is 70.1 Å². The van der Waals surface area contributed by atoms with Crippen LogP contribution >= 0.6 is 11.3 Å². The molecule has 28 heavy (non-hydrogen) atoms. The van der Waals surface area contributed by atoms with Gasteiger partial charge in [0.2, 0.25) is 0 Å². The number of ether oxygens (including phenoxy) is 1. The van der Waals surface area contributed by atoms with E-state index < -0.39 is 0 Å². The van der Waals surface area contributed by atoms with Crippen molar-refractivity contribution in [2.75, 3.05) is 31.7 Å². The van der Waals surface area contributed by atoms with Gasteiger partial charge in [0.25, 0.3) is 11.8 Å². The van der Waals surface area contributed by atoms with Crippen molar-refractivity contribution in [1.82, 2.24) is 4.90 Å². The smallest absolute Gasteiger partial charge is 0.282 e. The molecule has 7 heteroatoms. The van der Waals surface area contributed by atoms with Crippen LogP contribution < -0.4 is 9.64 Å². The van der Waals surface area contributed by atoms with Crippen LogP contribution in [0.5, 0.6) is 5.75 Å². The lowest BCUT2D eigenvalue weighted by atomic mass is 9.98. The second-order valence-corrected chi connectivity index (χ2v) is 7.90. The average molecular weight is 398 g/mol. The molecule has 3 heterocycles. The van der Waals surface area contributed by atoms with Gasteiger partial charge in [0.15, 0.2) is 0 Å². The summed E-state index contributed by atoms with van der Waals surface area (Å²) in [7, 11) is 1.52. The van der Waals surface area contributed by atoms with Crippen molar-refractivity contribution >= 4 is 34.4 Å². The molecule has 4 rings (SSSR count). The Morgan fingerprint density at radius 3 is 2.71 bits per heavy atom. The monoisotopic (exact) mass is 398 g/mol. The first-order valence-corrected chi connectivity index (χ1v) is 10.2. The van der Waals surface area contributed by atoms with Gasteiger partial charge in [-0.3, -0.25) is 9.59 Å². The molecule has 1 atom stereocenters. The Morgan fingerprint density at radius 1 is 1.18 bits per heavy atom. The number of likely N-dealkylation sites (tertiary alicyclic amines) is 1. The summed E-state index contributed by atoms with van der Waals surface area (Å²) in [4.78, 5) is 30.8. The summed E-state index contributed by atoms with van der Waals surface area (Å²) in [5.41, 5.74) is 1.31. The van der Waals surface area contributed by atoms with E-state index in [2.05, 4.69) is 0 Å². The number of para-hydroxylation sites is 2. The lowest BCUT2D eigenvalue weighted by Gasteiger charge is -2.34. The number of carbonyl (C=O) groups excluding carboxylic acids is 2. The van der Waals surface area contributed by atoms with E-state index in [0.29, 0.717) is 35.8 Å². The molecule has 1 unspecified atom stereocenters. The Hall–Kier alpha value is -2.64. The normalized spacial score (nSPS) is 20.3. The first-order valence-electron chi connectivity index (χ1n) is 9.31. The summed E-state index contributed by atoms with van der Waals surface area (Å²) >= 11 is 1.44. The van der Waals surface area contributed by atoms with Crippen LogP contribution in [0.25, 0.3) is 5.57 Å². The van der Waals surface area contributed by atoms with E-state index in [1.165, 1.54) is 23.3 Å². The zero-order chi connectivity index (χ0) is 19.7. The number of rotatable bonds is 5. The predicted octanol–water partition coefficient (Wildman–Crippen LogP) is 2.75. The van der Waals surface area contributed by atoms with Crippen molar-refractivity contribution in [1.29, 1.82) is 0 Å². The lowest BCUT2D eigenvalue weighted by Crippen LogP contribution is -2.40. The van der Waals surface area contributed by atoms with Crippen LogP contribution in [0.1, 0.15) is 17.7 Å². The SMILES string of the molecule is COc1ccccc1N1C(=O)C(c2cccs2)=C(N2CCCC(CO)C2)C1=O. The van der Waals surface area contributed by atoms with Crippen molar-refractivity contribution < 1.29 is 19.4 Å². The molecule has 1 aromatic carbocycles. The highest BCUT2D eigenvalue weighted by Crippen LogP contribution is 2.40. The number of amides is 2. The Balaban J connectivity index is 1.80. The number of hydrogen-bond donors (Lipinski definition) is 1. The number of nitrogens with zero attached hydrogens (tertiary/aromatic N) is 2. The summed E-state index contributed by atoms with van der Waals surface area (Å²) in [5.74, 6) is -0.0912. The van der Waals surface area contributed by atoms with Gasteiger partial charge in [-0.1, -0.05) is 18.2 Å². The van der Waals surface area contributed by atoms with Crippen LogP contribution in [0.3, 0.4) is 0 Å². The fourth-order valence-electron chi connectivity index (χ4n) is 3.90. The lowest BCUT2D eigenvalue weighted by molar-refractivity contribution is -0.120. The molecule has 2 aliphatic rings. The van der Waals surface area contributed by atoms with Crippen LogP contribution in [0.4, 0.5) is 5.69 Å². The first kappa shape index (κ1) is 18.7. The van der Waals surface area contributed by atoms with Crippen molar-refractivity contribution in [3.05, 3.63) is 52.4 Å². The largest absolute Gasteiger partial charge is 0.495 e. The highest BCUT2D eigenvalue weighted by molar-refractivity contribution is 7.11. The number of aliphatic hydroxyl groups is 1. The summed E-state index contributed by atoms with van der Waals surface area (Å²) in [6.45, 7) is 1.34. The molecule has 0 radical (unpaired) electrons. The maximum atomic E-state index is 13.5. The molecule has 1 aromatic heterocycles. The van der Waals surface area contributed by atoms with E-state index >= 15 is 0 Å². The quantitative estimate of drug-likeness (QED) is 0.785. The molecule has 2 amide bonds. The number of carbonyl (C=O) groups is 2. The van der Waals surface area contributed by atoms with Crippen molar-refractivity contribution in [2.24, 2.45) is 5.92 Å². The van der Waals surface area contributed by atoms with Crippen molar-refractivity contribution in [2.45, 2.75) is 12.8 Å². The van der Waals surface area contributed by atoms with Crippen LogP contribution in [0.2, 0.25) is 0 Å². The van der Waals surface area contributed by atoms with E-state index in [-0.39, 0.29) is 24.3 Å². The minimum absolute atomic E-state index is 0.0798. The highest BCUT2D eigenvalue weighted by atomic mass is 32.1. The molecular formula is C21H22N2O4S. The van der Waals surface area contributed by atoms with E-state index in [1.54, 1.807) is 24.3 Å². The number of benzene rings is 1. The summed E-state index contributed by atoms with van der Waals surface area (Å²) in [5, 5.41) is 11.5. The number of aliphatic hydroxyl groups excluding tert-OH is 1. The Kier molecular flexibility index (Phi) is 5.19. The third-order valence-electron chi connectivity index (χ3n) is 5.25. The van der Waals surface area contributed by atoms with Gasteiger partial charge in [0.1, 0.15) is 11.4 Å². The van der Waals surface area contributed by atoms with Crippen LogP contribution in [-0.2, 0) is 9.59 Å². The number of imide groups is 1. The van der Waals surface area contributed by atoms with Gasteiger partial charge in [0.05, 0.1) is 18.4 Å². The van der Waals surface area contributed by atoms with Gasteiger partial charge >= 0.3 is 0 Å². The molecule has 0 saturated carbocycles. The summed E-state index contributed by atoms with van der Waals surface area (Å²) < 4.78 is 5.39. The number of anilines is 1. The number of piperidine rings is 1. The molecule has 2 aromatic rings. The third-order valence-corrected chi connectivity index (χ3v) is 6.13. The summed E-state index contributed by atoms with van der Waals surface area (Å²) in [6, 6.07) is 10.8. The van der Waals surface area contributed by atoms with E-state index in [0.717, 1.165) is 17.7 Å². The molecule has 1 fully saturated rings. The number of methoxy groups -OCH3 is 1. The van der Waals surface area contributed by atoms with E-state index in [4.69, 9.17) is 4.74 Å². The number of hydrogen-bond acceptors (Lipinski definition) is 6. The van der Waals surface area contributed by atoms with E-state index in [9.17, 15) is 14.7 Å². The van der Waals surface area contributed by atoms with Gasteiger partial charge in [-0.2, -0.15) is 0 Å². The Bertz CT molecular complexity index is 922. The molecule has 146 valence electrons. The Labute approximate surface area is 167 Å². The molecule has 1 N–H and O–H groups in total. The molecule has 1 saturated heterocycles. The molecule has 2 aliphatic heterocycles. The fraction of sp³-hybridized carbons (Fsp3) is 0.333. The third kappa shape index (κ3) is 3.10. The second-order valence-electron chi connectivity index (χ2n) is 6.96. The minimum atomic E-state index is -0.337. The van der Waals surface area contributed by atoms with Crippen molar-refractivity contribution in [3.63, 3.8) is 0 Å². The van der Waals surface area contributed by atoms with Crippen LogP contribution in [0, 0.1) is 5.92 Å². The standard InChI is InChI=1S/C21H22N2O4S/c1-27-16-8-3-2-7-15(16)23-20(25)18(17-9-5-11-28-17)19(21(23)26)22-10-4-6-14(12-22)13-24/h2-3,5,7-9,11,14,24H,4,6,10,12-13H2,1H3. The molecular weight excluding hydrogens is 376 g/mol. The maximum Gasteiger partial charge on any atom is 0.282 e. The maximum absolute atomic E-state index is 13.5. The zero-order valence-corrected chi connectivity index (χ0v) is 16.4. The Morgan fingerprint density at radius 2 is 2.00 bits per heavy atom. The molecule has 0 spiro atoms. The molecule has 0 bridgehead atoms. The van der Waals surface area contributed by atoms with Gasteiger partial charge in [-0.25, -0.2) is 4.90 Å². The zero-order valence-electron chi connectivity index (χ0n) is 15.6. The van der Waals surface area contributed by atoms with Gasteiger partial charge in [-0.05, 0) is 42.3 Å². The molecule has 6 nitrogen and oxygen atoms in total. The highest BCUT2D eigenvalue weighted by Gasteiger charge is 2.44. The predicted molar refractivity (Wildman–Crippen MR) is 108 cm³/mol. The number of thiophene rings is 1. The van der Waals surface area contributed by atoms with Crippen LogP contribution in [0.15, 0.2) is 47.5 Å². The van der Waals surface area contributed by atoms with E-state index in [1.807, 2.05) is 22.4 Å². The average Bonchev–Trinajstić information content (AvgIpc) is 3.34. The van der Waals surface area contributed by atoms with Gasteiger partial charge < -0.3 is 14.7 Å². The van der Waals surface area contributed by atoms with Gasteiger partial charge in [-0.15, -0.1) is 11.3 Å². The van der Waals surface area contributed by atoms with Crippen LogP contribution in [-0.4, -0.2) is 48.6 Å². The summed E-state index contributed by atoms with van der Waals surface area (Å²) in [6.07, 6.45) is 1.80. The second kappa shape index (κ2) is 7.77.